The van der Waals surface area contributed by atoms with E-state index in [2.05, 4.69) is 15.5 Å². The second-order valence-electron chi connectivity index (χ2n) is 7.23. The SMILES string of the molecule is Cc1nccn1Cc1ccccc1NC(=O)[C@]1(C)CC(c2ccccc2F)=NO1. The summed E-state index contributed by atoms with van der Waals surface area (Å²) in [6, 6.07) is 13.9. The number of nitrogens with zero attached hydrogens (tertiary/aromatic N) is 3. The average Bonchev–Trinajstić information content (AvgIpc) is 3.30. The topological polar surface area (TPSA) is 68.5 Å². The lowest BCUT2D eigenvalue weighted by atomic mass is 9.94. The molecule has 0 saturated heterocycles. The summed E-state index contributed by atoms with van der Waals surface area (Å²) in [7, 11) is 0. The molecule has 0 saturated carbocycles. The molecule has 0 unspecified atom stereocenters. The summed E-state index contributed by atoms with van der Waals surface area (Å²) in [5.41, 5.74) is 1.19. The van der Waals surface area contributed by atoms with Crippen LogP contribution in [0.4, 0.5) is 10.1 Å². The summed E-state index contributed by atoms with van der Waals surface area (Å²) in [6.45, 7) is 4.16. The van der Waals surface area contributed by atoms with E-state index in [0.717, 1.165) is 11.4 Å². The highest BCUT2D eigenvalue weighted by atomic mass is 19.1. The van der Waals surface area contributed by atoms with Gasteiger partial charge < -0.3 is 14.7 Å². The lowest BCUT2D eigenvalue weighted by Gasteiger charge is -2.21. The first-order chi connectivity index (χ1) is 14.0. The summed E-state index contributed by atoms with van der Waals surface area (Å²) in [5.74, 6) is 0.170. The fourth-order valence-corrected chi connectivity index (χ4v) is 3.29. The van der Waals surface area contributed by atoms with Crippen molar-refractivity contribution in [3.8, 4) is 0 Å². The van der Waals surface area contributed by atoms with Crippen molar-refractivity contribution >= 4 is 17.3 Å². The van der Waals surface area contributed by atoms with E-state index in [-0.39, 0.29) is 18.1 Å². The number of anilines is 1. The number of hydrogen-bond acceptors (Lipinski definition) is 4. The summed E-state index contributed by atoms with van der Waals surface area (Å²) < 4.78 is 16.1. The summed E-state index contributed by atoms with van der Waals surface area (Å²) in [6.07, 6.45) is 3.82. The quantitative estimate of drug-likeness (QED) is 0.716. The molecule has 7 heteroatoms. The Bertz CT molecular complexity index is 1090. The molecule has 0 spiro atoms. The average molecular weight is 392 g/mol. The van der Waals surface area contributed by atoms with E-state index in [9.17, 15) is 9.18 Å². The molecule has 1 aromatic heterocycles. The van der Waals surface area contributed by atoms with Crippen molar-refractivity contribution in [1.29, 1.82) is 0 Å². The van der Waals surface area contributed by atoms with Crippen LogP contribution in [-0.2, 0) is 16.2 Å². The number of amides is 1. The van der Waals surface area contributed by atoms with Gasteiger partial charge in [-0.3, -0.25) is 4.79 Å². The molecule has 1 N–H and O–H groups in total. The maximum atomic E-state index is 14.1. The van der Waals surface area contributed by atoms with Crippen LogP contribution in [0.25, 0.3) is 0 Å². The smallest absolute Gasteiger partial charge is 0.271 e. The summed E-state index contributed by atoms with van der Waals surface area (Å²) in [5, 5.41) is 6.93. The van der Waals surface area contributed by atoms with Crippen molar-refractivity contribution in [1.82, 2.24) is 9.55 Å². The van der Waals surface area contributed by atoms with Crippen LogP contribution in [0.15, 0.2) is 66.1 Å². The Labute approximate surface area is 168 Å². The number of nitrogens with one attached hydrogen (secondary N) is 1. The number of benzene rings is 2. The third kappa shape index (κ3) is 3.76. The monoisotopic (exact) mass is 392 g/mol. The second-order valence-corrected chi connectivity index (χ2v) is 7.23. The second kappa shape index (κ2) is 7.50. The zero-order valence-corrected chi connectivity index (χ0v) is 16.2. The molecule has 3 aromatic rings. The highest BCUT2D eigenvalue weighted by Gasteiger charge is 2.43. The lowest BCUT2D eigenvalue weighted by molar-refractivity contribution is -0.135. The third-order valence-corrected chi connectivity index (χ3v) is 5.06. The lowest BCUT2D eigenvalue weighted by Crippen LogP contribution is -2.40. The van der Waals surface area contributed by atoms with Crippen molar-refractivity contribution < 1.29 is 14.0 Å². The standard InChI is InChI=1S/C22H21FN4O2/c1-15-24-11-12-27(15)14-16-7-3-6-10-19(16)25-21(28)22(2)13-20(26-29-22)17-8-4-5-9-18(17)23/h3-12H,13-14H2,1-2H3,(H,25,28)/t22-/m0/s1. The molecule has 29 heavy (non-hydrogen) atoms. The molecule has 148 valence electrons. The van der Waals surface area contributed by atoms with Crippen LogP contribution in [0.5, 0.6) is 0 Å². The molecule has 1 atom stereocenters. The van der Waals surface area contributed by atoms with Gasteiger partial charge in [0.1, 0.15) is 11.6 Å². The molecule has 1 amide bonds. The van der Waals surface area contributed by atoms with Crippen LogP contribution in [-0.4, -0.2) is 26.8 Å². The molecule has 0 bridgehead atoms. The van der Waals surface area contributed by atoms with E-state index in [1.165, 1.54) is 6.07 Å². The highest BCUT2D eigenvalue weighted by Crippen LogP contribution is 2.29. The number of aryl methyl sites for hydroxylation is 1. The molecular formula is C22H21FN4O2. The van der Waals surface area contributed by atoms with Crippen LogP contribution >= 0.6 is 0 Å². The van der Waals surface area contributed by atoms with Gasteiger partial charge in [-0.15, -0.1) is 0 Å². The molecule has 6 nitrogen and oxygen atoms in total. The predicted molar refractivity (Wildman–Crippen MR) is 108 cm³/mol. The number of para-hydroxylation sites is 1. The van der Waals surface area contributed by atoms with Crippen LogP contribution < -0.4 is 5.32 Å². The molecule has 0 aliphatic carbocycles. The van der Waals surface area contributed by atoms with Gasteiger partial charge in [-0.1, -0.05) is 41.6 Å². The Morgan fingerprint density at radius 3 is 2.76 bits per heavy atom. The Kier molecular flexibility index (Phi) is 4.88. The minimum Gasteiger partial charge on any atom is -0.379 e. The van der Waals surface area contributed by atoms with Gasteiger partial charge in [-0.2, -0.15) is 0 Å². The number of oxime groups is 1. The Balaban J connectivity index is 1.51. The van der Waals surface area contributed by atoms with E-state index in [1.54, 1.807) is 31.3 Å². The van der Waals surface area contributed by atoms with Crippen molar-refractivity contribution in [3.05, 3.63) is 83.7 Å². The first-order valence-electron chi connectivity index (χ1n) is 9.33. The van der Waals surface area contributed by atoms with Gasteiger partial charge in [0.25, 0.3) is 5.91 Å². The molecule has 2 heterocycles. The molecule has 0 fully saturated rings. The van der Waals surface area contributed by atoms with Crippen LogP contribution in [0, 0.1) is 12.7 Å². The van der Waals surface area contributed by atoms with Gasteiger partial charge in [0, 0.05) is 30.1 Å². The zero-order chi connectivity index (χ0) is 20.4. The van der Waals surface area contributed by atoms with Crippen molar-refractivity contribution in [2.75, 3.05) is 5.32 Å². The fraction of sp³-hybridized carbons (Fsp3) is 0.227. The molecular weight excluding hydrogens is 371 g/mol. The molecule has 1 aliphatic heterocycles. The maximum Gasteiger partial charge on any atom is 0.271 e. The van der Waals surface area contributed by atoms with Gasteiger partial charge in [0.2, 0.25) is 5.60 Å². The summed E-state index contributed by atoms with van der Waals surface area (Å²) >= 11 is 0. The minimum atomic E-state index is -1.21. The molecule has 0 radical (unpaired) electrons. The Morgan fingerprint density at radius 1 is 1.24 bits per heavy atom. The number of carbonyl (C=O) groups is 1. The molecule has 4 rings (SSSR count). The van der Waals surface area contributed by atoms with Gasteiger partial charge in [-0.25, -0.2) is 9.37 Å². The first kappa shape index (κ1) is 18.9. The first-order valence-corrected chi connectivity index (χ1v) is 9.33. The van der Waals surface area contributed by atoms with Gasteiger partial charge in [-0.05, 0) is 31.5 Å². The number of hydrogen-bond donors (Lipinski definition) is 1. The summed E-state index contributed by atoms with van der Waals surface area (Å²) in [4.78, 5) is 22.7. The zero-order valence-electron chi connectivity index (χ0n) is 16.2. The Morgan fingerprint density at radius 2 is 2.00 bits per heavy atom. The largest absolute Gasteiger partial charge is 0.379 e. The van der Waals surface area contributed by atoms with Gasteiger partial charge in [0.05, 0.1) is 12.3 Å². The van der Waals surface area contributed by atoms with E-state index >= 15 is 0 Å². The van der Waals surface area contributed by atoms with E-state index in [0.29, 0.717) is 23.5 Å². The van der Waals surface area contributed by atoms with Crippen LogP contribution in [0.2, 0.25) is 0 Å². The molecule has 1 aliphatic rings. The molecule has 2 aromatic carbocycles. The van der Waals surface area contributed by atoms with Crippen LogP contribution in [0.3, 0.4) is 0 Å². The normalized spacial score (nSPS) is 18.2. The van der Waals surface area contributed by atoms with Crippen LogP contribution in [0.1, 0.15) is 30.3 Å². The number of rotatable bonds is 5. The fourth-order valence-electron chi connectivity index (χ4n) is 3.29. The Hall–Kier alpha value is -3.48. The number of aromatic nitrogens is 2. The van der Waals surface area contributed by atoms with Crippen molar-refractivity contribution in [3.63, 3.8) is 0 Å². The maximum absolute atomic E-state index is 14.1. The number of carbonyl (C=O) groups excluding carboxylic acids is 1. The van der Waals surface area contributed by atoms with Crippen molar-refractivity contribution in [2.45, 2.75) is 32.4 Å². The van der Waals surface area contributed by atoms with E-state index < -0.39 is 5.60 Å². The number of imidazole rings is 1. The van der Waals surface area contributed by atoms with E-state index in [4.69, 9.17) is 4.84 Å². The van der Waals surface area contributed by atoms with Gasteiger partial charge >= 0.3 is 0 Å². The highest BCUT2D eigenvalue weighted by molar-refractivity contribution is 6.08. The minimum absolute atomic E-state index is 0.183. The van der Waals surface area contributed by atoms with E-state index in [1.807, 2.05) is 42.0 Å². The predicted octanol–water partition coefficient (Wildman–Crippen LogP) is 3.90. The van der Waals surface area contributed by atoms with Crippen molar-refractivity contribution in [2.24, 2.45) is 5.16 Å². The van der Waals surface area contributed by atoms with Gasteiger partial charge in [0.15, 0.2) is 0 Å². The third-order valence-electron chi connectivity index (χ3n) is 5.06. The number of halogens is 1.